The van der Waals surface area contributed by atoms with Crippen LogP contribution in [0.15, 0.2) is 11.9 Å². The molecule has 102 valence electrons. The molecule has 1 N–H and O–H groups in total. The molecule has 0 aromatic heterocycles. The maximum Gasteiger partial charge on any atom is 0.323 e. The molecule has 0 unspecified atom stereocenters. The van der Waals surface area contributed by atoms with E-state index in [0.29, 0.717) is 0 Å². The van der Waals surface area contributed by atoms with Gasteiger partial charge in [0.05, 0.1) is 7.11 Å². The molecule has 3 nitrogen and oxygen atoms in total. The Balaban J connectivity index is 0. The molecule has 1 atom stereocenters. The van der Waals surface area contributed by atoms with Crippen molar-refractivity contribution >= 4 is 18.4 Å². The molecule has 7 heteroatoms. The third-order valence-electron chi connectivity index (χ3n) is 2.04. The van der Waals surface area contributed by atoms with Crippen LogP contribution < -0.4 is 5.32 Å². The zero-order valence-electron chi connectivity index (χ0n) is 9.93. The lowest BCUT2D eigenvalue weighted by Crippen LogP contribution is -2.42. The number of esters is 1. The van der Waals surface area contributed by atoms with E-state index in [-0.39, 0.29) is 24.9 Å². The zero-order chi connectivity index (χ0) is 12.7. The Morgan fingerprint density at radius 2 is 1.82 bits per heavy atom. The van der Waals surface area contributed by atoms with Crippen LogP contribution in [-0.4, -0.2) is 25.7 Å². The van der Waals surface area contributed by atoms with Crippen LogP contribution in [0.4, 0.5) is 13.2 Å². The van der Waals surface area contributed by atoms with E-state index in [1.54, 1.807) is 13.8 Å². The highest BCUT2D eigenvalue weighted by Crippen LogP contribution is 2.12. The number of nitrogens with one attached hydrogen (secondary N) is 1. The van der Waals surface area contributed by atoms with Gasteiger partial charge < -0.3 is 10.1 Å². The summed E-state index contributed by atoms with van der Waals surface area (Å²) in [6.07, 6.45) is -2.76. The Kier molecular flexibility index (Phi) is 10.2. The maximum atomic E-state index is 12.4. The number of carbonyl (C=O) groups is 1. The van der Waals surface area contributed by atoms with Crippen molar-refractivity contribution in [2.45, 2.75) is 26.3 Å². The molecule has 17 heavy (non-hydrogen) atoms. The minimum absolute atomic E-state index is 0. The molecule has 0 aliphatic carbocycles. The third kappa shape index (κ3) is 7.23. The van der Waals surface area contributed by atoms with Gasteiger partial charge in [-0.3, -0.25) is 4.79 Å². The van der Waals surface area contributed by atoms with E-state index in [4.69, 9.17) is 0 Å². The lowest BCUT2D eigenvalue weighted by atomic mass is 10.0. The summed E-state index contributed by atoms with van der Waals surface area (Å²) in [5, 5.41) is 2.67. The number of rotatable bonds is 6. The summed E-state index contributed by atoms with van der Waals surface area (Å²) < 4.78 is 40.4. The van der Waals surface area contributed by atoms with Crippen LogP contribution in [0.5, 0.6) is 0 Å². The highest BCUT2D eigenvalue weighted by atomic mass is 35.5. The number of halogens is 4. The Bertz CT molecular complexity index is 268. The van der Waals surface area contributed by atoms with Crippen LogP contribution in [0.1, 0.15) is 20.3 Å². The van der Waals surface area contributed by atoms with Gasteiger partial charge in [-0.25, -0.2) is 4.39 Å². The first kappa shape index (κ1) is 18.6. The van der Waals surface area contributed by atoms with E-state index in [2.05, 4.69) is 10.1 Å². The van der Waals surface area contributed by atoms with E-state index >= 15 is 0 Å². The van der Waals surface area contributed by atoms with Gasteiger partial charge in [0, 0.05) is 13.0 Å². The molecule has 0 fully saturated rings. The topological polar surface area (TPSA) is 38.3 Å². The lowest BCUT2D eigenvalue weighted by molar-refractivity contribution is -0.144. The Morgan fingerprint density at radius 1 is 1.29 bits per heavy atom. The van der Waals surface area contributed by atoms with Gasteiger partial charge in [-0.1, -0.05) is 13.8 Å². The number of carbonyl (C=O) groups excluding carboxylic acids is 1. The minimum Gasteiger partial charge on any atom is -0.468 e. The summed E-state index contributed by atoms with van der Waals surface area (Å²) in [7, 11) is 1.24. The molecule has 0 aromatic rings. The van der Waals surface area contributed by atoms with E-state index < -0.39 is 30.3 Å². The van der Waals surface area contributed by atoms with Crippen LogP contribution >= 0.6 is 12.4 Å². The zero-order valence-corrected chi connectivity index (χ0v) is 10.7. The second kappa shape index (κ2) is 9.30. The first-order valence-corrected chi connectivity index (χ1v) is 4.91. The lowest BCUT2D eigenvalue weighted by Gasteiger charge is -2.19. The largest absolute Gasteiger partial charge is 0.468 e. The van der Waals surface area contributed by atoms with Crippen LogP contribution in [0.2, 0.25) is 0 Å². The van der Waals surface area contributed by atoms with E-state index in [1.165, 1.54) is 7.11 Å². The molecule has 0 amide bonds. The van der Waals surface area contributed by atoms with Gasteiger partial charge in [0.15, 0.2) is 5.83 Å². The molecule has 0 aliphatic heterocycles. The average Bonchev–Trinajstić information content (AvgIpc) is 2.22. The quantitative estimate of drug-likeness (QED) is 0.758. The molecule has 0 bridgehead atoms. The van der Waals surface area contributed by atoms with Crippen molar-refractivity contribution in [3.63, 3.8) is 0 Å². The summed E-state index contributed by atoms with van der Waals surface area (Å²) in [5.74, 6) is -2.00. The highest BCUT2D eigenvalue weighted by molar-refractivity contribution is 5.85. The summed E-state index contributed by atoms with van der Waals surface area (Å²) in [6, 6.07) is -0.611. The predicted molar refractivity (Wildman–Crippen MR) is 60.9 cm³/mol. The Labute approximate surface area is 105 Å². The highest BCUT2D eigenvalue weighted by Gasteiger charge is 2.22. The second-order valence-electron chi connectivity index (χ2n) is 3.61. The average molecular weight is 276 g/mol. The monoisotopic (exact) mass is 275 g/mol. The molecule has 0 spiro atoms. The number of methoxy groups -OCH3 is 1. The second-order valence-corrected chi connectivity index (χ2v) is 3.61. The molecule has 0 rings (SSSR count). The maximum absolute atomic E-state index is 12.4. The van der Waals surface area contributed by atoms with Gasteiger partial charge in [0.2, 0.25) is 0 Å². The first-order chi connectivity index (χ1) is 7.40. The van der Waals surface area contributed by atoms with Gasteiger partial charge >= 0.3 is 12.0 Å². The molecule has 0 aliphatic rings. The Morgan fingerprint density at radius 3 is 2.18 bits per heavy atom. The molecule has 0 saturated heterocycles. The fourth-order valence-electron chi connectivity index (χ4n) is 1.15. The van der Waals surface area contributed by atoms with E-state index in [9.17, 15) is 18.0 Å². The fourth-order valence-corrected chi connectivity index (χ4v) is 1.15. The summed E-state index contributed by atoms with van der Waals surface area (Å²) >= 11 is 0. The summed E-state index contributed by atoms with van der Waals surface area (Å²) in [6.45, 7) is 3.51. The van der Waals surface area contributed by atoms with Crippen molar-refractivity contribution in [2.24, 2.45) is 5.92 Å². The molecular weight excluding hydrogens is 259 g/mol. The van der Waals surface area contributed by atoms with Crippen LogP contribution in [0, 0.1) is 5.92 Å². The third-order valence-corrected chi connectivity index (χ3v) is 2.04. The minimum atomic E-state index is -2.32. The predicted octanol–water partition coefficient (Wildman–Crippen LogP) is 2.66. The van der Waals surface area contributed by atoms with E-state index in [0.717, 1.165) is 0 Å². The SMILES string of the molecule is COC(=O)[C@@H](NCCC(F)=C(F)F)C(C)C.Cl. The normalized spacial score (nSPS) is 11.7. The van der Waals surface area contributed by atoms with Crippen LogP contribution in [0.25, 0.3) is 0 Å². The fraction of sp³-hybridized carbons (Fsp3) is 0.700. The smallest absolute Gasteiger partial charge is 0.323 e. The van der Waals surface area contributed by atoms with Gasteiger partial charge in [-0.05, 0) is 5.92 Å². The van der Waals surface area contributed by atoms with Gasteiger partial charge in [-0.15, -0.1) is 12.4 Å². The van der Waals surface area contributed by atoms with Crippen molar-refractivity contribution in [1.29, 1.82) is 0 Å². The summed E-state index contributed by atoms with van der Waals surface area (Å²) in [4.78, 5) is 11.2. The summed E-state index contributed by atoms with van der Waals surface area (Å²) in [5.41, 5.74) is 0. The van der Waals surface area contributed by atoms with Crippen molar-refractivity contribution < 1.29 is 22.7 Å². The Hall–Kier alpha value is -0.750. The van der Waals surface area contributed by atoms with Gasteiger partial charge in [0.1, 0.15) is 6.04 Å². The number of ether oxygens (including phenoxy) is 1. The van der Waals surface area contributed by atoms with Crippen molar-refractivity contribution in [1.82, 2.24) is 5.32 Å². The number of hydrogen-bond donors (Lipinski definition) is 1. The van der Waals surface area contributed by atoms with Crippen LogP contribution in [0.3, 0.4) is 0 Å². The van der Waals surface area contributed by atoms with Crippen molar-refractivity contribution in [3.8, 4) is 0 Å². The van der Waals surface area contributed by atoms with Crippen LogP contribution in [-0.2, 0) is 9.53 Å². The molecule has 0 aromatic carbocycles. The van der Waals surface area contributed by atoms with Crippen molar-refractivity contribution in [3.05, 3.63) is 11.9 Å². The van der Waals surface area contributed by atoms with Crippen molar-refractivity contribution in [2.75, 3.05) is 13.7 Å². The van der Waals surface area contributed by atoms with Gasteiger partial charge in [0.25, 0.3) is 0 Å². The van der Waals surface area contributed by atoms with E-state index in [1.807, 2.05) is 0 Å². The molecular formula is C10H17ClF3NO2. The molecule has 0 saturated carbocycles. The standard InChI is InChI=1S/C10H16F3NO2.ClH/c1-6(2)8(10(15)16-3)14-5-4-7(11)9(12)13;/h6,8,14H,4-5H2,1-3H3;1H/t8-;/m0./s1. The molecule has 0 radical (unpaired) electrons. The van der Waals surface area contributed by atoms with Gasteiger partial charge in [-0.2, -0.15) is 8.78 Å². The first-order valence-electron chi connectivity index (χ1n) is 4.91. The molecule has 0 heterocycles. The number of hydrogen-bond acceptors (Lipinski definition) is 3.